The number of nitrogens with zero attached hydrogens (tertiary/aromatic N) is 1. The Bertz CT molecular complexity index is 1490. The molecular formula is C30H29NO6. The van der Waals surface area contributed by atoms with Crippen LogP contribution < -0.4 is 20.0 Å². The number of aryl methyl sites for hydroxylation is 1. The van der Waals surface area contributed by atoms with E-state index < -0.39 is 5.63 Å². The Morgan fingerprint density at radius 2 is 1.81 bits per heavy atom. The van der Waals surface area contributed by atoms with Gasteiger partial charge in [-0.2, -0.15) is 0 Å². The molecule has 7 heteroatoms. The summed E-state index contributed by atoms with van der Waals surface area (Å²) in [7, 11) is 1.62. The van der Waals surface area contributed by atoms with Crippen LogP contribution in [0.25, 0.3) is 22.1 Å². The Morgan fingerprint density at radius 1 is 1.05 bits per heavy atom. The monoisotopic (exact) mass is 499 g/mol. The molecule has 5 rings (SSSR count). The van der Waals surface area contributed by atoms with Gasteiger partial charge in [-0.1, -0.05) is 25.5 Å². The number of rotatable bonds is 7. The molecule has 0 saturated heterocycles. The molecule has 0 saturated carbocycles. The summed E-state index contributed by atoms with van der Waals surface area (Å²) in [4.78, 5) is 26.8. The minimum absolute atomic E-state index is 0.310. The fraction of sp³-hybridized carbons (Fsp3) is 0.267. The van der Waals surface area contributed by atoms with Crippen molar-refractivity contribution in [2.75, 3.05) is 25.3 Å². The summed E-state index contributed by atoms with van der Waals surface area (Å²) in [5.74, 6) is 1.17. The van der Waals surface area contributed by atoms with E-state index in [1.807, 2.05) is 49.4 Å². The number of benzene rings is 3. The molecule has 190 valence electrons. The normalized spacial score (nSPS) is 12.7. The van der Waals surface area contributed by atoms with Gasteiger partial charge in [-0.25, -0.2) is 9.59 Å². The molecule has 3 aromatic carbocycles. The van der Waals surface area contributed by atoms with Crippen molar-refractivity contribution >= 4 is 22.6 Å². The van der Waals surface area contributed by atoms with E-state index in [0.29, 0.717) is 31.0 Å². The number of ether oxygens (including phenoxy) is 3. The van der Waals surface area contributed by atoms with Gasteiger partial charge in [-0.15, -0.1) is 0 Å². The van der Waals surface area contributed by atoms with Crippen molar-refractivity contribution in [3.8, 4) is 22.6 Å². The van der Waals surface area contributed by atoms with Gasteiger partial charge in [0.1, 0.15) is 17.1 Å². The first-order valence-corrected chi connectivity index (χ1v) is 12.4. The lowest BCUT2D eigenvalue weighted by Crippen LogP contribution is -2.32. The maximum absolute atomic E-state index is 12.4. The third-order valence-electron chi connectivity index (χ3n) is 6.62. The Hall–Kier alpha value is -4.26. The molecule has 0 unspecified atom stereocenters. The van der Waals surface area contributed by atoms with Crippen LogP contribution in [0.4, 0.5) is 5.69 Å². The van der Waals surface area contributed by atoms with Crippen LogP contribution >= 0.6 is 0 Å². The van der Waals surface area contributed by atoms with Gasteiger partial charge < -0.3 is 23.5 Å². The molecule has 0 spiro atoms. The molecule has 0 amide bonds. The summed E-state index contributed by atoms with van der Waals surface area (Å²) in [5, 5.41) is 0.844. The number of carbonyl (C=O) groups excluding carboxylic acids is 1. The van der Waals surface area contributed by atoms with Crippen LogP contribution in [0.15, 0.2) is 69.9 Å². The molecule has 0 radical (unpaired) electrons. The van der Waals surface area contributed by atoms with Crippen LogP contribution in [0.1, 0.15) is 41.3 Å². The zero-order valence-corrected chi connectivity index (χ0v) is 21.2. The average Bonchev–Trinajstić information content (AvgIpc) is 2.93. The largest absolute Gasteiger partial charge is 0.497 e. The number of anilines is 1. The highest BCUT2D eigenvalue weighted by Crippen LogP contribution is 2.39. The average molecular weight is 500 g/mol. The smallest absolute Gasteiger partial charge is 0.338 e. The Labute approximate surface area is 215 Å². The summed E-state index contributed by atoms with van der Waals surface area (Å²) in [6.07, 6.45) is 1.83. The predicted octanol–water partition coefficient (Wildman–Crippen LogP) is 6.09. The van der Waals surface area contributed by atoms with E-state index in [9.17, 15) is 9.59 Å². The molecule has 0 N–H and O–H groups in total. The number of unbranched alkanes of at least 4 members (excludes halogenated alkanes) is 1. The fourth-order valence-electron chi connectivity index (χ4n) is 4.60. The molecule has 2 heterocycles. The highest BCUT2D eigenvalue weighted by atomic mass is 16.5. The van der Waals surface area contributed by atoms with E-state index in [0.717, 1.165) is 57.7 Å². The molecule has 0 atom stereocenters. The second-order valence-electron chi connectivity index (χ2n) is 9.08. The Morgan fingerprint density at radius 3 is 2.51 bits per heavy atom. The highest BCUT2D eigenvalue weighted by Gasteiger charge is 2.24. The first-order valence-electron chi connectivity index (χ1n) is 12.4. The van der Waals surface area contributed by atoms with Crippen molar-refractivity contribution in [2.45, 2.75) is 33.2 Å². The topological polar surface area (TPSA) is 78.2 Å². The molecule has 1 aliphatic heterocycles. The standard InChI is InChI=1S/C30H29NO6/c1-4-5-14-35-30(33)21-6-10-23(11-7-21)31-17-22-15-26-25(20-8-12-24(34-3)13-9-20)16-27(32)37-29(26)19(2)28(22)36-18-31/h6-13,15-16H,4-5,14,17-18H2,1-3H3. The molecule has 0 aliphatic carbocycles. The summed E-state index contributed by atoms with van der Waals surface area (Å²) in [5.41, 5.74) is 5.05. The van der Waals surface area contributed by atoms with Gasteiger partial charge in [0, 0.05) is 34.8 Å². The van der Waals surface area contributed by atoms with Gasteiger partial charge in [0.25, 0.3) is 0 Å². The van der Waals surface area contributed by atoms with E-state index in [2.05, 4.69) is 11.8 Å². The highest BCUT2D eigenvalue weighted by molar-refractivity contribution is 5.96. The van der Waals surface area contributed by atoms with E-state index in [-0.39, 0.29) is 5.97 Å². The molecule has 7 nitrogen and oxygen atoms in total. The Balaban J connectivity index is 1.46. The van der Waals surface area contributed by atoms with Gasteiger partial charge in [0.2, 0.25) is 0 Å². The molecule has 1 aromatic heterocycles. The van der Waals surface area contributed by atoms with E-state index in [1.165, 1.54) is 6.07 Å². The SMILES string of the molecule is CCCCOC(=O)c1ccc(N2COc3c(cc4c(-c5ccc(OC)cc5)cc(=O)oc4c3C)C2)cc1. The maximum Gasteiger partial charge on any atom is 0.338 e. The van der Waals surface area contributed by atoms with E-state index in [1.54, 1.807) is 19.2 Å². The Kier molecular flexibility index (Phi) is 6.86. The lowest BCUT2D eigenvalue weighted by atomic mass is 9.96. The van der Waals surface area contributed by atoms with Crippen molar-refractivity contribution in [1.82, 2.24) is 0 Å². The van der Waals surface area contributed by atoms with Gasteiger partial charge in [-0.05, 0) is 66.9 Å². The molecule has 4 aromatic rings. The van der Waals surface area contributed by atoms with Crippen molar-refractivity contribution < 1.29 is 23.4 Å². The maximum atomic E-state index is 12.4. The number of hydrogen-bond donors (Lipinski definition) is 0. The third-order valence-corrected chi connectivity index (χ3v) is 6.62. The summed E-state index contributed by atoms with van der Waals surface area (Å²) >= 11 is 0. The van der Waals surface area contributed by atoms with Gasteiger partial charge in [0.15, 0.2) is 6.73 Å². The summed E-state index contributed by atoms with van der Waals surface area (Å²) in [6.45, 7) is 5.34. The van der Waals surface area contributed by atoms with Crippen molar-refractivity contribution in [1.29, 1.82) is 0 Å². The van der Waals surface area contributed by atoms with Crippen LogP contribution in [0, 0.1) is 6.92 Å². The lowest BCUT2D eigenvalue weighted by Gasteiger charge is -2.32. The molecular weight excluding hydrogens is 470 g/mol. The quantitative estimate of drug-likeness (QED) is 0.173. The van der Waals surface area contributed by atoms with Crippen molar-refractivity contribution in [2.24, 2.45) is 0 Å². The van der Waals surface area contributed by atoms with E-state index in [4.69, 9.17) is 18.6 Å². The minimum Gasteiger partial charge on any atom is -0.497 e. The predicted molar refractivity (Wildman–Crippen MR) is 143 cm³/mol. The third kappa shape index (κ3) is 4.89. The van der Waals surface area contributed by atoms with Crippen molar-refractivity contribution in [3.63, 3.8) is 0 Å². The zero-order chi connectivity index (χ0) is 25.9. The van der Waals surface area contributed by atoms with Crippen LogP contribution in [0.3, 0.4) is 0 Å². The van der Waals surface area contributed by atoms with Crippen LogP contribution in [0.2, 0.25) is 0 Å². The second kappa shape index (κ2) is 10.4. The fourth-order valence-corrected chi connectivity index (χ4v) is 4.60. The van der Waals surface area contributed by atoms with Gasteiger partial charge >= 0.3 is 11.6 Å². The minimum atomic E-state index is -0.410. The van der Waals surface area contributed by atoms with Gasteiger partial charge in [-0.3, -0.25) is 0 Å². The zero-order valence-electron chi connectivity index (χ0n) is 21.2. The number of carbonyl (C=O) groups is 1. The summed E-state index contributed by atoms with van der Waals surface area (Å²) in [6, 6.07) is 18.5. The first kappa shape index (κ1) is 24.4. The summed E-state index contributed by atoms with van der Waals surface area (Å²) < 4.78 is 22.4. The van der Waals surface area contributed by atoms with E-state index >= 15 is 0 Å². The number of fused-ring (bicyclic) bond motifs is 2. The first-order chi connectivity index (χ1) is 18.0. The van der Waals surface area contributed by atoms with Crippen LogP contribution in [-0.4, -0.2) is 26.4 Å². The number of esters is 1. The molecule has 37 heavy (non-hydrogen) atoms. The second-order valence-corrected chi connectivity index (χ2v) is 9.08. The molecule has 1 aliphatic rings. The van der Waals surface area contributed by atoms with Gasteiger partial charge in [0.05, 0.1) is 19.3 Å². The molecule has 0 bridgehead atoms. The lowest BCUT2D eigenvalue weighted by molar-refractivity contribution is 0.0499. The molecule has 0 fully saturated rings. The van der Waals surface area contributed by atoms with Crippen molar-refractivity contribution in [3.05, 3.63) is 87.8 Å². The van der Waals surface area contributed by atoms with Crippen LogP contribution in [-0.2, 0) is 11.3 Å². The number of methoxy groups -OCH3 is 1. The van der Waals surface area contributed by atoms with Crippen LogP contribution in [0.5, 0.6) is 11.5 Å². The number of hydrogen-bond acceptors (Lipinski definition) is 7.